The lowest BCUT2D eigenvalue weighted by Gasteiger charge is -2.29. The number of hydrogen-bond acceptors (Lipinski definition) is 1. The molecule has 0 atom stereocenters. The monoisotopic (exact) mass is 367 g/mol. The van der Waals surface area contributed by atoms with E-state index in [-0.39, 0.29) is 0 Å². The van der Waals surface area contributed by atoms with Crippen molar-refractivity contribution in [2.45, 2.75) is 96.8 Å². The van der Waals surface area contributed by atoms with Crippen LogP contribution in [0, 0.1) is 35.0 Å². The molecule has 0 aromatic rings. The van der Waals surface area contributed by atoms with Gasteiger partial charge in [0.05, 0.1) is 6.07 Å². The third-order valence-electron chi connectivity index (χ3n) is 6.81. The Labute approximate surface area is 168 Å². The van der Waals surface area contributed by atoms with Crippen molar-refractivity contribution in [2.24, 2.45) is 23.7 Å². The summed E-state index contributed by atoms with van der Waals surface area (Å²) >= 11 is 0. The summed E-state index contributed by atoms with van der Waals surface area (Å²) in [4.78, 5) is 0. The molecule has 1 heteroatoms. The van der Waals surface area contributed by atoms with Crippen molar-refractivity contribution >= 4 is 0 Å². The highest BCUT2D eigenvalue weighted by Crippen LogP contribution is 2.35. The molecule has 2 aliphatic carbocycles. The van der Waals surface area contributed by atoms with Crippen molar-refractivity contribution in [2.75, 3.05) is 0 Å². The first-order valence-electron chi connectivity index (χ1n) is 11.7. The van der Waals surface area contributed by atoms with Crippen molar-refractivity contribution in [3.63, 3.8) is 0 Å². The van der Waals surface area contributed by atoms with E-state index in [9.17, 15) is 0 Å². The molecule has 0 aromatic heterocycles. The van der Waals surface area contributed by atoms with Crippen molar-refractivity contribution in [3.05, 3.63) is 36.5 Å². The maximum Gasteiger partial charge on any atom is 0.0912 e. The molecule has 0 bridgehead atoms. The summed E-state index contributed by atoms with van der Waals surface area (Å²) in [5.74, 6) is 3.66. The predicted octanol–water partition coefficient (Wildman–Crippen LogP) is 8.15. The summed E-state index contributed by atoms with van der Waals surface area (Å²) in [6, 6.07) is 2.02. The number of nitrogens with zero attached hydrogens (tertiary/aromatic N) is 1. The molecule has 0 unspecified atom stereocenters. The van der Waals surface area contributed by atoms with Gasteiger partial charge in [0.25, 0.3) is 0 Å². The minimum atomic E-state index is 0.845. The Bertz CT molecular complexity index is 491. The summed E-state index contributed by atoms with van der Waals surface area (Å²) in [5, 5.41) is 8.45. The summed E-state index contributed by atoms with van der Waals surface area (Å²) < 4.78 is 0. The van der Waals surface area contributed by atoms with Gasteiger partial charge in [-0.25, -0.2) is 0 Å². The van der Waals surface area contributed by atoms with Crippen LogP contribution in [0.25, 0.3) is 0 Å². The number of allylic oxidation sites excluding steroid dienone is 6. The molecule has 0 amide bonds. The molecule has 2 aliphatic rings. The second-order valence-corrected chi connectivity index (χ2v) is 8.94. The Hall–Kier alpha value is -1.29. The third-order valence-corrected chi connectivity index (χ3v) is 6.81. The van der Waals surface area contributed by atoms with Crippen molar-refractivity contribution in [3.8, 4) is 6.07 Å². The van der Waals surface area contributed by atoms with E-state index >= 15 is 0 Å². The van der Waals surface area contributed by atoms with Crippen LogP contribution in [0.1, 0.15) is 96.8 Å². The van der Waals surface area contributed by atoms with E-state index in [0.29, 0.717) is 0 Å². The average molecular weight is 368 g/mol. The quantitative estimate of drug-likeness (QED) is 0.165. The second-order valence-electron chi connectivity index (χ2n) is 8.94. The zero-order valence-electron chi connectivity index (χ0n) is 17.6. The van der Waals surface area contributed by atoms with E-state index in [1.165, 1.54) is 89.5 Å². The number of hydrogen-bond donors (Lipinski definition) is 0. The number of rotatable bonds is 10. The average Bonchev–Trinajstić information content (AvgIpc) is 2.71. The van der Waals surface area contributed by atoms with Crippen molar-refractivity contribution in [1.82, 2.24) is 0 Å². The minimum absolute atomic E-state index is 0.845. The lowest BCUT2D eigenvalue weighted by molar-refractivity contribution is 0.283. The Kier molecular flexibility index (Phi) is 11.3. The van der Waals surface area contributed by atoms with Gasteiger partial charge in [0.1, 0.15) is 0 Å². The van der Waals surface area contributed by atoms with Crippen molar-refractivity contribution < 1.29 is 0 Å². The molecule has 150 valence electrons. The maximum absolute atomic E-state index is 8.45. The van der Waals surface area contributed by atoms with Gasteiger partial charge in [-0.2, -0.15) is 5.26 Å². The van der Waals surface area contributed by atoms with Crippen LogP contribution in [-0.4, -0.2) is 0 Å². The zero-order valence-corrected chi connectivity index (χ0v) is 17.6. The Morgan fingerprint density at radius 1 is 0.778 bits per heavy atom. The molecule has 27 heavy (non-hydrogen) atoms. The van der Waals surface area contributed by atoms with Gasteiger partial charge >= 0.3 is 0 Å². The molecule has 0 radical (unpaired) electrons. The number of unbranched alkanes of at least 4 members (excludes halogenated alkanes) is 2. The first-order chi connectivity index (χ1) is 13.3. The summed E-state index contributed by atoms with van der Waals surface area (Å²) in [6.45, 7) is 2.31. The highest BCUT2D eigenvalue weighted by molar-refractivity contribution is 5.11. The van der Waals surface area contributed by atoms with Crippen LogP contribution in [0.2, 0.25) is 0 Å². The van der Waals surface area contributed by atoms with Crippen LogP contribution in [0.4, 0.5) is 0 Å². The number of nitriles is 1. The zero-order chi connectivity index (χ0) is 19.2. The Morgan fingerprint density at radius 2 is 1.37 bits per heavy atom. The lowest BCUT2D eigenvalue weighted by atomic mass is 9.77. The van der Waals surface area contributed by atoms with E-state index in [1.807, 2.05) is 18.2 Å². The first-order valence-corrected chi connectivity index (χ1v) is 11.7. The largest absolute Gasteiger partial charge is 0.193 e. The molecule has 1 nitrogen and oxygen atoms in total. The van der Waals surface area contributed by atoms with E-state index in [4.69, 9.17) is 5.26 Å². The molecule has 0 heterocycles. The van der Waals surface area contributed by atoms with Crippen LogP contribution < -0.4 is 0 Å². The fourth-order valence-corrected chi connectivity index (χ4v) is 4.94. The summed E-state index contributed by atoms with van der Waals surface area (Å²) in [5.41, 5.74) is 0. The fraction of sp³-hybridized carbons (Fsp3) is 0.731. The van der Waals surface area contributed by atoms with Crippen LogP contribution >= 0.6 is 0 Å². The van der Waals surface area contributed by atoms with Crippen LogP contribution in [0.3, 0.4) is 0 Å². The van der Waals surface area contributed by atoms with E-state index in [1.54, 1.807) is 0 Å². The van der Waals surface area contributed by atoms with Crippen molar-refractivity contribution in [1.29, 1.82) is 5.26 Å². The lowest BCUT2D eigenvalue weighted by Crippen LogP contribution is -2.15. The van der Waals surface area contributed by atoms with Gasteiger partial charge in [0.15, 0.2) is 0 Å². The highest BCUT2D eigenvalue weighted by atomic mass is 14.3. The molecule has 0 aromatic carbocycles. The third kappa shape index (κ3) is 9.46. The standard InChI is InChI=1S/C26H41N/c1-2-3-7-10-23-12-16-25(17-13-23)20-21-26-18-14-24(15-19-26)11-8-5-4-6-9-22-27/h4-6,9,20-21,23-26H,2-3,7-8,10-19H2,1H3/b5-4?,9-6?,21-20+/t23-,24?,25-,26?. The van der Waals surface area contributed by atoms with Crippen LogP contribution in [0.5, 0.6) is 0 Å². The summed E-state index contributed by atoms with van der Waals surface area (Å²) in [6.07, 6.45) is 32.4. The van der Waals surface area contributed by atoms with Gasteiger partial charge in [-0.3, -0.25) is 0 Å². The highest BCUT2D eigenvalue weighted by Gasteiger charge is 2.21. The molecule has 0 aliphatic heterocycles. The Morgan fingerprint density at radius 3 is 1.93 bits per heavy atom. The normalized spacial score (nSPS) is 29.6. The molecule has 2 saturated carbocycles. The molecule has 0 N–H and O–H groups in total. The van der Waals surface area contributed by atoms with Gasteiger partial charge in [-0.1, -0.05) is 63.0 Å². The van der Waals surface area contributed by atoms with E-state index in [2.05, 4.69) is 25.2 Å². The molecule has 2 fully saturated rings. The molecular weight excluding hydrogens is 326 g/mol. The topological polar surface area (TPSA) is 23.8 Å². The smallest absolute Gasteiger partial charge is 0.0912 e. The van der Waals surface area contributed by atoms with Crippen LogP contribution in [-0.2, 0) is 0 Å². The second kappa shape index (κ2) is 13.8. The van der Waals surface area contributed by atoms with Crippen LogP contribution in [0.15, 0.2) is 36.5 Å². The van der Waals surface area contributed by atoms with Gasteiger partial charge in [0, 0.05) is 6.08 Å². The fourth-order valence-electron chi connectivity index (χ4n) is 4.94. The maximum atomic E-state index is 8.45. The molecular formula is C26H41N. The van der Waals surface area contributed by atoms with Gasteiger partial charge < -0.3 is 0 Å². The Balaban J connectivity index is 1.56. The van der Waals surface area contributed by atoms with Gasteiger partial charge in [-0.15, -0.1) is 0 Å². The van der Waals surface area contributed by atoms with E-state index in [0.717, 1.165) is 30.1 Å². The van der Waals surface area contributed by atoms with Gasteiger partial charge in [-0.05, 0) is 87.9 Å². The first kappa shape index (κ1) is 22.0. The molecule has 0 saturated heterocycles. The van der Waals surface area contributed by atoms with E-state index < -0.39 is 0 Å². The minimum Gasteiger partial charge on any atom is -0.193 e. The summed E-state index contributed by atoms with van der Waals surface area (Å²) in [7, 11) is 0. The predicted molar refractivity (Wildman–Crippen MR) is 117 cm³/mol. The molecule has 2 rings (SSSR count). The molecule has 0 spiro atoms. The van der Waals surface area contributed by atoms with Gasteiger partial charge in [0.2, 0.25) is 0 Å². The SMILES string of the molecule is CCCCC[C@H]1CC[C@H](/C=C/C2CCC(CCC=CC=CC#N)CC2)CC1.